The lowest BCUT2D eigenvalue weighted by Crippen LogP contribution is -2.37. The van der Waals surface area contributed by atoms with Gasteiger partial charge in [0.25, 0.3) is 11.9 Å². The molecule has 3 aromatic rings. The van der Waals surface area contributed by atoms with Gasteiger partial charge >= 0.3 is 0 Å². The first-order chi connectivity index (χ1) is 17.1. The molecule has 1 fully saturated rings. The van der Waals surface area contributed by atoms with Crippen LogP contribution in [0.3, 0.4) is 0 Å². The van der Waals surface area contributed by atoms with Gasteiger partial charge in [0, 0.05) is 56.7 Å². The summed E-state index contributed by atoms with van der Waals surface area (Å²) in [6.45, 7) is 4.69. The van der Waals surface area contributed by atoms with Gasteiger partial charge in [-0.2, -0.15) is 0 Å². The lowest BCUT2D eigenvalue weighted by Gasteiger charge is -2.30. The van der Waals surface area contributed by atoms with E-state index in [4.69, 9.17) is 13.9 Å². The minimum atomic E-state index is -0.187. The van der Waals surface area contributed by atoms with Crippen molar-refractivity contribution in [2.24, 2.45) is 5.92 Å². The standard InChI is InChI=1S/C27H29N3O5/c1-18-23(16-29-26(31)19-10-13-33-14-11-19)22-9-12-30(17-20(22)15-28-18)27(32)24-7-8-25(35-24)34-21-5-3-2-4-6-21/h2-8,15,19H,9-14,16-17H2,1H3,(H,29,31). The molecule has 0 bridgehead atoms. The SMILES string of the molecule is Cc1ncc2c(c1CNC(=O)C1CCOCC1)CCN(C(=O)c1ccc(Oc3ccccc3)o1)C2. The largest absolute Gasteiger partial charge is 0.426 e. The number of pyridine rings is 1. The Morgan fingerprint density at radius 2 is 1.94 bits per heavy atom. The summed E-state index contributed by atoms with van der Waals surface area (Å²) in [6.07, 6.45) is 4.05. The number of nitrogens with one attached hydrogen (secondary N) is 1. The van der Waals surface area contributed by atoms with Crippen LogP contribution in [0, 0.1) is 12.8 Å². The molecule has 0 spiro atoms. The van der Waals surface area contributed by atoms with Crippen molar-refractivity contribution in [2.75, 3.05) is 19.8 Å². The fourth-order valence-electron chi connectivity index (χ4n) is 4.66. The Kier molecular flexibility index (Phi) is 6.81. The van der Waals surface area contributed by atoms with E-state index in [1.165, 1.54) is 5.56 Å². The third-order valence-corrected chi connectivity index (χ3v) is 6.67. The first-order valence-electron chi connectivity index (χ1n) is 12.0. The van der Waals surface area contributed by atoms with E-state index in [1.54, 1.807) is 17.0 Å². The van der Waals surface area contributed by atoms with Crippen molar-refractivity contribution >= 4 is 11.8 Å². The van der Waals surface area contributed by atoms with Crippen LogP contribution in [-0.2, 0) is 29.0 Å². The average Bonchev–Trinajstić information content (AvgIpc) is 3.36. The number of hydrogen-bond donors (Lipinski definition) is 1. The van der Waals surface area contributed by atoms with E-state index in [9.17, 15) is 9.59 Å². The Morgan fingerprint density at radius 1 is 1.14 bits per heavy atom. The lowest BCUT2D eigenvalue weighted by molar-refractivity contribution is -0.128. The van der Waals surface area contributed by atoms with Gasteiger partial charge in [0.15, 0.2) is 5.76 Å². The van der Waals surface area contributed by atoms with E-state index in [2.05, 4.69) is 10.3 Å². The number of fused-ring (bicyclic) bond motifs is 1. The first kappa shape index (κ1) is 23.1. The molecule has 0 saturated carbocycles. The zero-order valence-electron chi connectivity index (χ0n) is 19.8. The number of para-hydroxylation sites is 1. The highest BCUT2D eigenvalue weighted by molar-refractivity contribution is 5.91. The summed E-state index contributed by atoms with van der Waals surface area (Å²) in [7, 11) is 0. The summed E-state index contributed by atoms with van der Waals surface area (Å²) in [4.78, 5) is 32.0. The number of aromatic nitrogens is 1. The molecule has 0 atom stereocenters. The molecular weight excluding hydrogens is 446 g/mol. The lowest BCUT2D eigenvalue weighted by atomic mass is 9.94. The Balaban J connectivity index is 1.24. The van der Waals surface area contributed by atoms with Crippen LogP contribution >= 0.6 is 0 Å². The summed E-state index contributed by atoms with van der Waals surface area (Å²) in [6, 6.07) is 12.6. The van der Waals surface area contributed by atoms with Gasteiger partial charge in [0.1, 0.15) is 5.75 Å². The van der Waals surface area contributed by atoms with Gasteiger partial charge in [-0.15, -0.1) is 0 Å². The van der Waals surface area contributed by atoms with E-state index in [1.807, 2.05) is 43.5 Å². The van der Waals surface area contributed by atoms with Gasteiger partial charge in [-0.05, 0) is 61.1 Å². The molecular formula is C27H29N3O5. The highest BCUT2D eigenvalue weighted by Gasteiger charge is 2.27. The van der Waals surface area contributed by atoms with Gasteiger partial charge in [-0.3, -0.25) is 14.6 Å². The maximum Gasteiger partial charge on any atom is 0.290 e. The van der Waals surface area contributed by atoms with Crippen molar-refractivity contribution in [1.29, 1.82) is 0 Å². The number of carbonyl (C=O) groups is 2. The molecule has 1 N–H and O–H groups in total. The van der Waals surface area contributed by atoms with Gasteiger partial charge in [-0.25, -0.2) is 0 Å². The Labute approximate surface area is 204 Å². The number of furan rings is 1. The minimum absolute atomic E-state index is 0.00808. The maximum absolute atomic E-state index is 13.1. The molecule has 2 amide bonds. The summed E-state index contributed by atoms with van der Waals surface area (Å²) in [5, 5.41) is 3.10. The molecule has 0 unspecified atom stereocenters. The maximum atomic E-state index is 13.1. The highest BCUT2D eigenvalue weighted by Crippen LogP contribution is 2.28. The molecule has 2 aliphatic heterocycles. The molecule has 35 heavy (non-hydrogen) atoms. The number of aryl methyl sites for hydroxylation is 1. The molecule has 8 nitrogen and oxygen atoms in total. The first-order valence-corrected chi connectivity index (χ1v) is 12.0. The van der Waals surface area contributed by atoms with Crippen molar-refractivity contribution in [3.8, 4) is 11.7 Å². The predicted molar refractivity (Wildman–Crippen MR) is 128 cm³/mol. The molecule has 4 heterocycles. The molecule has 1 saturated heterocycles. The Morgan fingerprint density at radius 3 is 2.74 bits per heavy atom. The summed E-state index contributed by atoms with van der Waals surface area (Å²) >= 11 is 0. The molecule has 0 radical (unpaired) electrons. The van der Waals surface area contributed by atoms with Crippen LogP contribution in [0.2, 0.25) is 0 Å². The Bertz CT molecular complexity index is 1200. The van der Waals surface area contributed by atoms with Gasteiger partial charge < -0.3 is 24.1 Å². The topological polar surface area (TPSA) is 93.9 Å². The van der Waals surface area contributed by atoms with Gasteiger partial charge in [0.2, 0.25) is 5.91 Å². The molecule has 182 valence electrons. The average molecular weight is 476 g/mol. The predicted octanol–water partition coefficient (Wildman–Crippen LogP) is 4.02. The van der Waals surface area contributed by atoms with Crippen LogP contribution in [-0.4, -0.2) is 41.5 Å². The fraction of sp³-hybridized carbons (Fsp3) is 0.370. The molecule has 5 rings (SSSR count). The monoisotopic (exact) mass is 475 g/mol. The summed E-state index contributed by atoms with van der Waals surface area (Å²) in [5.74, 6) is 1.05. The number of carbonyl (C=O) groups excluding carboxylic acids is 2. The molecule has 8 heteroatoms. The second-order valence-electron chi connectivity index (χ2n) is 8.94. The second-order valence-corrected chi connectivity index (χ2v) is 8.94. The van der Waals surface area contributed by atoms with Crippen molar-refractivity contribution in [3.63, 3.8) is 0 Å². The molecule has 1 aromatic carbocycles. The van der Waals surface area contributed by atoms with E-state index in [0.717, 1.165) is 29.7 Å². The molecule has 0 aliphatic carbocycles. The summed E-state index contributed by atoms with van der Waals surface area (Å²) in [5.41, 5.74) is 4.12. The smallest absolute Gasteiger partial charge is 0.290 e. The fourth-order valence-corrected chi connectivity index (χ4v) is 4.66. The van der Waals surface area contributed by atoms with Crippen molar-refractivity contribution in [2.45, 2.75) is 39.3 Å². The Hall–Kier alpha value is -3.65. The number of amides is 2. The zero-order chi connectivity index (χ0) is 24.2. The second kappa shape index (κ2) is 10.3. The third-order valence-electron chi connectivity index (χ3n) is 6.67. The van der Waals surface area contributed by atoms with E-state index >= 15 is 0 Å². The third kappa shape index (κ3) is 5.22. The summed E-state index contributed by atoms with van der Waals surface area (Å²) < 4.78 is 16.7. The zero-order valence-corrected chi connectivity index (χ0v) is 19.8. The van der Waals surface area contributed by atoms with Crippen molar-refractivity contribution in [1.82, 2.24) is 15.2 Å². The van der Waals surface area contributed by atoms with Crippen LogP contribution in [0.15, 0.2) is 53.1 Å². The van der Waals surface area contributed by atoms with Crippen LogP contribution in [0.1, 0.15) is 45.8 Å². The normalized spacial score (nSPS) is 16.0. The number of rotatable bonds is 6. The van der Waals surface area contributed by atoms with Crippen molar-refractivity contribution < 1.29 is 23.5 Å². The van der Waals surface area contributed by atoms with Crippen LogP contribution in [0.4, 0.5) is 0 Å². The van der Waals surface area contributed by atoms with Crippen LogP contribution < -0.4 is 10.1 Å². The van der Waals surface area contributed by atoms with Crippen LogP contribution in [0.25, 0.3) is 0 Å². The highest BCUT2D eigenvalue weighted by atomic mass is 16.6. The number of hydrogen-bond acceptors (Lipinski definition) is 6. The molecule has 2 aliphatic rings. The number of benzene rings is 1. The van der Waals surface area contributed by atoms with E-state index < -0.39 is 0 Å². The molecule has 2 aromatic heterocycles. The van der Waals surface area contributed by atoms with Crippen LogP contribution in [0.5, 0.6) is 11.7 Å². The van der Waals surface area contributed by atoms with Crippen molar-refractivity contribution in [3.05, 3.63) is 76.8 Å². The number of ether oxygens (including phenoxy) is 2. The van der Waals surface area contributed by atoms with Gasteiger partial charge in [-0.1, -0.05) is 18.2 Å². The van der Waals surface area contributed by atoms with Gasteiger partial charge in [0.05, 0.1) is 0 Å². The minimum Gasteiger partial charge on any atom is -0.426 e. The number of nitrogens with zero attached hydrogens (tertiary/aromatic N) is 2. The quantitative estimate of drug-likeness (QED) is 0.579. The van der Waals surface area contributed by atoms with E-state index in [0.29, 0.717) is 45.0 Å². The van der Waals surface area contributed by atoms with E-state index in [-0.39, 0.29) is 29.4 Å².